The van der Waals surface area contributed by atoms with Crippen LogP contribution in [0.15, 0.2) is 29.2 Å². The second-order valence-corrected chi connectivity index (χ2v) is 5.88. The smallest absolute Gasteiger partial charge is 0.0216 e. The van der Waals surface area contributed by atoms with Gasteiger partial charge in [0.15, 0.2) is 0 Å². The topological polar surface area (TPSA) is 38.0 Å². The fraction of sp³-hybridized carbons (Fsp3) is 0.571. The first-order valence-electron chi connectivity index (χ1n) is 6.32. The third kappa shape index (κ3) is 5.11. The van der Waals surface area contributed by atoms with Crippen LogP contribution in [0.25, 0.3) is 0 Å². The Kier molecular flexibility index (Phi) is 6.63. The maximum Gasteiger partial charge on any atom is 0.0216 e. The first-order chi connectivity index (χ1) is 8.17. The molecule has 0 aromatic heterocycles. The predicted octanol–water partition coefficient (Wildman–Crippen LogP) is 2.87. The van der Waals surface area contributed by atoms with Crippen LogP contribution in [-0.4, -0.2) is 18.3 Å². The summed E-state index contributed by atoms with van der Waals surface area (Å²) in [5.41, 5.74) is 7.06. The van der Waals surface area contributed by atoms with Gasteiger partial charge in [-0.15, -0.1) is 11.8 Å². The lowest BCUT2D eigenvalue weighted by atomic mass is 10.0. The molecule has 0 saturated heterocycles. The maximum atomic E-state index is 5.74. The molecule has 0 saturated carbocycles. The van der Waals surface area contributed by atoms with E-state index in [0.29, 0.717) is 18.5 Å². The molecular weight excluding hydrogens is 228 g/mol. The maximum absolute atomic E-state index is 5.74. The van der Waals surface area contributed by atoms with Gasteiger partial charge in [-0.05, 0) is 29.4 Å². The van der Waals surface area contributed by atoms with Crippen LogP contribution >= 0.6 is 11.8 Å². The fourth-order valence-corrected chi connectivity index (χ4v) is 2.37. The van der Waals surface area contributed by atoms with E-state index in [2.05, 4.69) is 50.4 Å². The molecule has 3 N–H and O–H groups in total. The van der Waals surface area contributed by atoms with Crippen molar-refractivity contribution in [1.29, 1.82) is 0 Å². The Bertz CT molecular complexity index is 309. The average Bonchev–Trinajstić information content (AvgIpc) is 2.32. The van der Waals surface area contributed by atoms with Crippen molar-refractivity contribution in [3.05, 3.63) is 29.8 Å². The summed E-state index contributed by atoms with van der Waals surface area (Å²) >= 11 is 1.88. The Morgan fingerprint density at radius 1 is 1.24 bits per heavy atom. The molecule has 1 aromatic rings. The van der Waals surface area contributed by atoms with Gasteiger partial charge in [0.2, 0.25) is 0 Å². The van der Waals surface area contributed by atoms with E-state index >= 15 is 0 Å². The Labute approximate surface area is 109 Å². The summed E-state index contributed by atoms with van der Waals surface area (Å²) in [6.07, 6.45) is 0. The zero-order valence-corrected chi connectivity index (χ0v) is 11.9. The highest BCUT2D eigenvalue weighted by atomic mass is 32.2. The predicted molar refractivity (Wildman–Crippen MR) is 77.4 cm³/mol. The van der Waals surface area contributed by atoms with Gasteiger partial charge in [0.1, 0.15) is 0 Å². The van der Waals surface area contributed by atoms with Crippen LogP contribution in [0.4, 0.5) is 0 Å². The highest BCUT2D eigenvalue weighted by Gasteiger charge is 2.09. The molecule has 1 aromatic carbocycles. The summed E-state index contributed by atoms with van der Waals surface area (Å²) in [6.45, 7) is 8.17. The summed E-state index contributed by atoms with van der Waals surface area (Å²) in [7, 11) is 0. The van der Waals surface area contributed by atoms with Crippen molar-refractivity contribution < 1.29 is 0 Å². The van der Waals surface area contributed by atoms with Crippen LogP contribution in [0, 0.1) is 5.92 Å². The van der Waals surface area contributed by atoms with Crippen molar-refractivity contribution in [1.82, 2.24) is 5.32 Å². The normalized spacial score (nSPS) is 13.0. The molecule has 96 valence electrons. The van der Waals surface area contributed by atoms with Crippen molar-refractivity contribution in [2.75, 3.05) is 12.3 Å². The molecule has 0 spiro atoms. The number of thioether (sulfide) groups is 1. The molecule has 0 aliphatic carbocycles. The van der Waals surface area contributed by atoms with Crippen LogP contribution in [0.5, 0.6) is 0 Å². The molecule has 0 fully saturated rings. The summed E-state index contributed by atoms with van der Waals surface area (Å²) in [5, 5.41) is 3.50. The van der Waals surface area contributed by atoms with Gasteiger partial charge >= 0.3 is 0 Å². The zero-order valence-electron chi connectivity index (χ0n) is 11.1. The van der Waals surface area contributed by atoms with Crippen molar-refractivity contribution in [2.45, 2.75) is 38.3 Å². The van der Waals surface area contributed by atoms with Gasteiger partial charge in [-0.3, -0.25) is 0 Å². The Morgan fingerprint density at radius 3 is 2.35 bits per heavy atom. The van der Waals surface area contributed by atoms with Crippen LogP contribution in [0.2, 0.25) is 0 Å². The van der Waals surface area contributed by atoms with Gasteiger partial charge in [-0.1, -0.05) is 32.9 Å². The standard InChI is InChI=1S/C14H24N2S/c1-4-17-13-7-5-12(6-8-13)10-16-14(9-15)11(2)3/h5-8,11,14,16H,4,9-10,15H2,1-3H3. The van der Waals surface area contributed by atoms with E-state index in [1.165, 1.54) is 10.5 Å². The first kappa shape index (κ1) is 14.6. The second-order valence-electron chi connectivity index (χ2n) is 4.54. The van der Waals surface area contributed by atoms with Crippen molar-refractivity contribution in [3.8, 4) is 0 Å². The molecule has 3 heteroatoms. The number of hydrogen-bond donors (Lipinski definition) is 2. The Balaban J connectivity index is 2.46. The third-order valence-corrected chi connectivity index (χ3v) is 3.76. The molecule has 1 rings (SSSR count). The molecule has 2 nitrogen and oxygen atoms in total. The zero-order chi connectivity index (χ0) is 12.7. The number of benzene rings is 1. The summed E-state index contributed by atoms with van der Waals surface area (Å²) in [6, 6.07) is 9.17. The van der Waals surface area contributed by atoms with Gasteiger partial charge in [0.25, 0.3) is 0 Å². The highest BCUT2D eigenvalue weighted by Crippen LogP contribution is 2.17. The van der Waals surface area contributed by atoms with E-state index in [-0.39, 0.29) is 0 Å². The van der Waals surface area contributed by atoms with Gasteiger partial charge in [-0.2, -0.15) is 0 Å². The molecule has 1 atom stereocenters. The van der Waals surface area contributed by atoms with Gasteiger partial charge in [0.05, 0.1) is 0 Å². The molecule has 0 radical (unpaired) electrons. The number of rotatable bonds is 7. The summed E-state index contributed by atoms with van der Waals surface area (Å²) < 4.78 is 0. The summed E-state index contributed by atoms with van der Waals surface area (Å²) in [5.74, 6) is 1.70. The molecule has 0 aliphatic rings. The monoisotopic (exact) mass is 252 g/mol. The van der Waals surface area contributed by atoms with E-state index in [4.69, 9.17) is 5.73 Å². The van der Waals surface area contributed by atoms with E-state index in [1.807, 2.05) is 11.8 Å². The minimum atomic E-state index is 0.402. The Morgan fingerprint density at radius 2 is 1.88 bits per heavy atom. The minimum Gasteiger partial charge on any atom is -0.329 e. The average molecular weight is 252 g/mol. The lowest BCUT2D eigenvalue weighted by Crippen LogP contribution is -2.39. The fourth-order valence-electron chi connectivity index (χ4n) is 1.71. The van der Waals surface area contributed by atoms with E-state index in [0.717, 1.165) is 12.3 Å². The van der Waals surface area contributed by atoms with Crippen LogP contribution in [0.1, 0.15) is 26.3 Å². The largest absolute Gasteiger partial charge is 0.329 e. The Hall–Kier alpha value is -0.510. The van der Waals surface area contributed by atoms with Crippen LogP contribution < -0.4 is 11.1 Å². The van der Waals surface area contributed by atoms with Gasteiger partial charge < -0.3 is 11.1 Å². The highest BCUT2D eigenvalue weighted by molar-refractivity contribution is 7.99. The number of hydrogen-bond acceptors (Lipinski definition) is 3. The SMILES string of the molecule is CCSc1ccc(CNC(CN)C(C)C)cc1. The van der Waals surface area contributed by atoms with Gasteiger partial charge in [0, 0.05) is 24.0 Å². The molecule has 1 unspecified atom stereocenters. The molecule has 17 heavy (non-hydrogen) atoms. The number of nitrogens with two attached hydrogens (primary N) is 1. The van der Waals surface area contributed by atoms with Gasteiger partial charge in [-0.25, -0.2) is 0 Å². The lowest BCUT2D eigenvalue weighted by Gasteiger charge is -2.20. The quantitative estimate of drug-likeness (QED) is 0.733. The molecule has 0 heterocycles. The first-order valence-corrected chi connectivity index (χ1v) is 7.31. The molecular formula is C14H24N2S. The van der Waals surface area contributed by atoms with Crippen molar-refractivity contribution in [2.24, 2.45) is 11.7 Å². The number of nitrogens with one attached hydrogen (secondary N) is 1. The van der Waals surface area contributed by atoms with Crippen LogP contribution in [-0.2, 0) is 6.54 Å². The van der Waals surface area contributed by atoms with E-state index in [1.54, 1.807) is 0 Å². The summed E-state index contributed by atoms with van der Waals surface area (Å²) in [4.78, 5) is 1.34. The van der Waals surface area contributed by atoms with Crippen molar-refractivity contribution in [3.63, 3.8) is 0 Å². The van der Waals surface area contributed by atoms with Crippen LogP contribution in [0.3, 0.4) is 0 Å². The third-order valence-electron chi connectivity index (χ3n) is 2.86. The van der Waals surface area contributed by atoms with Crippen molar-refractivity contribution >= 4 is 11.8 Å². The lowest BCUT2D eigenvalue weighted by molar-refractivity contribution is 0.405. The molecule has 0 bridgehead atoms. The molecule has 0 aliphatic heterocycles. The second kappa shape index (κ2) is 7.75. The molecule has 0 amide bonds. The van der Waals surface area contributed by atoms with E-state index in [9.17, 15) is 0 Å². The van der Waals surface area contributed by atoms with E-state index < -0.39 is 0 Å². The minimum absolute atomic E-state index is 0.402.